The average Bonchev–Trinajstić information content (AvgIpc) is 2.79. The molecule has 1 unspecified atom stereocenters. The van der Waals surface area contributed by atoms with Crippen molar-refractivity contribution in [3.8, 4) is 0 Å². The van der Waals surface area contributed by atoms with Gasteiger partial charge in [0.1, 0.15) is 5.66 Å². The Balaban J connectivity index is 1.80. The van der Waals surface area contributed by atoms with E-state index in [0.717, 1.165) is 16.8 Å². The highest BCUT2D eigenvalue weighted by atomic mass is 32.2. The van der Waals surface area contributed by atoms with Crippen molar-refractivity contribution in [1.29, 1.82) is 0 Å². The molecule has 2 aromatic carbocycles. The summed E-state index contributed by atoms with van der Waals surface area (Å²) in [6.45, 7) is 1.28. The lowest BCUT2D eigenvalue weighted by molar-refractivity contribution is 0.147. The van der Waals surface area contributed by atoms with Gasteiger partial charge in [-0.05, 0) is 42.4 Å². The summed E-state index contributed by atoms with van der Waals surface area (Å²) in [5.41, 5.74) is 21.3. The van der Waals surface area contributed by atoms with Gasteiger partial charge in [-0.1, -0.05) is 18.2 Å². The van der Waals surface area contributed by atoms with E-state index in [9.17, 15) is 8.42 Å². The van der Waals surface area contributed by atoms with Crippen LogP contribution in [-0.4, -0.2) is 37.8 Å². The van der Waals surface area contributed by atoms with Crippen molar-refractivity contribution in [2.75, 3.05) is 29.9 Å². The lowest BCUT2D eigenvalue weighted by atomic mass is 9.92. The second-order valence-corrected chi connectivity index (χ2v) is 9.42. The fourth-order valence-electron chi connectivity index (χ4n) is 4.10. The van der Waals surface area contributed by atoms with Gasteiger partial charge in [0.05, 0.1) is 10.6 Å². The number of fused-ring (bicyclic) bond motifs is 2. The Morgan fingerprint density at radius 2 is 1.93 bits per heavy atom. The van der Waals surface area contributed by atoms with Gasteiger partial charge in [0.2, 0.25) is 0 Å². The van der Waals surface area contributed by atoms with Crippen LogP contribution in [0.4, 0.5) is 11.4 Å². The summed E-state index contributed by atoms with van der Waals surface area (Å²) < 4.78 is 25.5. The fraction of sp³-hybridized carbons (Fsp3) is 0.300. The van der Waals surface area contributed by atoms with Crippen molar-refractivity contribution in [3.05, 3.63) is 59.7 Å². The molecule has 0 spiro atoms. The molecule has 0 radical (unpaired) electrons. The lowest BCUT2D eigenvalue weighted by Crippen LogP contribution is -2.56. The summed E-state index contributed by atoms with van der Waals surface area (Å²) in [6.07, 6.45) is 2.53. The Hall–Kier alpha value is -2.55. The quantitative estimate of drug-likeness (QED) is 0.573. The number of benzene rings is 2. The lowest BCUT2D eigenvalue weighted by Gasteiger charge is -2.45. The van der Waals surface area contributed by atoms with Crippen LogP contribution in [0.5, 0.6) is 0 Å². The molecule has 28 heavy (non-hydrogen) atoms. The van der Waals surface area contributed by atoms with Crippen molar-refractivity contribution in [3.63, 3.8) is 0 Å². The minimum Gasteiger partial charge on any atom is -0.399 e. The molecule has 0 aromatic heterocycles. The molecule has 0 amide bonds. The van der Waals surface area contributed by atoms with Crippen LogP contribution >= 0.6 is 0 Å². The number of hydrogen-bond acceptors (Lipinski definition) is 7. The molecule has 7 nitrogen and oxygen atoms in total. The zero-order valence-corrected chi connectivity index (χ0v) is 16.4. The van der Waals surface area contributed by atoms with Crippen LogP contribution in [0.25, 0.3) is 5.70 Å². The Morgan fingerprint density at radius 3 is 2.71 bits per heavy atom. The van der Waals surface area contributed by atoms with Gasteiger partial charge in [-0.3, -0.25) is 4.90 Å². The Bertz CT molecular complexity index is 1050. The topological polar surface area (TPSA) is 127 Å². The maximum absolute atomic E-state index is 12.8. The van der Waals surface area contributed by atoms with Gasteiger partial charge in [0, 0.05) is 42.1 Å². The van der Waals surface area contributed by atoms with Gasteiger partial charge >= 0.3 is 0 Å². The molecule has 0 bridgehead atoms. The molecular formula is C20H25N5O2S. The molecule has 7 N–H and O–H groups in total. The molecule has 1 atom stereocenters. The molecule has 0 saturated carbocycles. The second kappa shape index (κ2) is 6.80. The molecule has 2 heterocycles. The predicted octanol–water partition coefficient (Wildman–Crippen LogP) is 1.33. The Morgan fingerprint density at radius 1 is 1.14 bits per heavy atom. The predicted molar refractivity (Wildman–Crippen MR) is 112 cm³/mol. The van der Waals surface area contributed by atoms with E-state index in [-0.39, 0.29) is 5.75 Å². The normalized spacial score (nSPS) is 23.7. The largest absolute Gasteiger partial charge is 0.399 e. The number of sulfone groups is 1. The summed E-state index contributed by atoms with van der Waals surface area (Å²) >= 11 is 0. The smallest absolute Gasteiger partial charge is 0.179 e. The van der Waals surface area contributed by atoms with Gasteiger partial charge in [-0.25, -0.2) is 8.42 Å². The molecule has 8 heteroatoms. The summed E-state index contributed by atoms with van der Waals surface area (Å²) in [4.78, 5) is 2.52. The van der Waals surface area contributed by atoms with Crippen LogP contribution in [0.3, 0.4) is 0 Å². The van der Waals surface area contributed by atoms with E-state index in [1.54, 1.807) is 12.1 Å². The fourth-order valence-corrected chi connectivity index (χ4v) is 5.60. The SMILES string of the molecule is NCCC1(N2CCS(=O)(=O)c3ccccc3C2)C=C(N)c2cc(N)ccc2N1. The number of rotatable bonds is 3. The van der Waals surface area contributed by atoms with Crippen molar-refractivity contribution >= 4 is 26.9 Å². The van der Waals surface area contributed by atoms with Gasteiger partial charge in [0.25, 0.3) is 0 Å². The monoisotopic (exact) mass is 399 g/mol. The number of nitrogens with one attached hydrogen (secondary N) is 1. The molecule has 0 fully saturated rings. The third-order valence-electron chi connectivity index (χ3n) is 5.49. The van der Waals surface area contributed by atoms with Crippen LogP contribution in [0.15, 0.2) is 53.4 Å². The van der Waals surface area contributed by atoms with Crippen LogP contribution in [0.2, 0.25) is 0 Å². The maximum atomic E-state index is 12.8. The number of nitrogens with zero attached hydrogens (tertiary/aromatic N) is 1. The van der Waals surface area contributed by atoms with Crippen molar-refractivity contribution in [1.82, 2.24) is 4.90 Å². The first kappa shape index (κ1) is 18.8. The zero-order valence-electron chi connectivity index (χ0n) is 15.6. The highest BCUT2D eigenvalue weighted by molar-refractivity contribution is 7.91. The van der Waals surface area contributed by atoms with E-state index in [0.29, 0.717) is 42.3 Å². The summed E-state index contributed by atoms with van der Waals surface area (Å²) in [6, 6.07) is 12.7. The average molecular weight is 400 g/mol. The maximum Gasteiger partial charge on any atom is 0.179 e. The Labute approximate surface area is 165 Å². The highest BCUT2D eigenvalue weighted by Gasteiger charge is 2.40. The zero-order chi connectivity index (χ0) is 19.9. The van der Waals surface area contributed by atoms with E-state index in [4.69, 9.17) is 17.2 Å². The first-order valence-electron chi connectivity index (χ1n) is 9.27. The van der Waals surface area contributed by atoms with Gasteiger partial charge < -0.3 is 22.5 Å². The third kappa shape index (κ3) is 3.13. The molecule has 0 saturated heterocycles. The summed E-state index contributed by atoms with van der Waals surface area (Å²) in [5, 5.41) is 3.56. The van der Waals surface area contributed by atoms with Gasteiger partial charge in [-0.2, -0.15) is 0 Å². The molecule has 2 aromatic rings. The van der Waals surface area contributed by atoms with Crippen molar-refractivity contribution < 1.29 is 8.42 Å². The van der Waals surface area contributed by atoms with E-state index in [1.807, 2.05) is 36.4 Å². The third-order valence-corrected chi connectivity index (χ3v) is 7.28. The van der Waals surface area contributed by atoms with E-state index in [2.05, 4.69) is 10.2 Å². The Kier molecular flexibility index (Phi) is 4.57. The van der Waals surface area contributed by atoms with Crippen LogP contribution in [0, 0.1) is 0 Å². The number of hydrogen-bond donors (Lipinski definition) is 4. The molecule has 2 aliphatic rings. The minimum absolute atomic E-state index is 0.0420. The summed E-state index contributed by atoms with van der Waals surface area (Å²) in [7, 11) is -3.34. The number of anilines is 2. The van der Waals surface area contributed by atoms with E-state index < -0.39 is 15.5 Å². The molecule has 4 rings (SSSR count). The first-order valence-corrected chi connectivity index (χ1v) is 10.9. The second-order valence-electron chi connectivity index (χ2n) is 7.34. The minimum atomic E-state index is -3.34. The number of nitrogen functional groups attached to an aromatic ring is 1. The molecule has 2 aliphatic heterocycles. The highest BCUT2D eigenvalue weighted by Crippen LogP contribution is 2.38. The summed E-state index contributed by atoms with van der Waals surface area (Å²) in [5.74, 6) is 0.0420. The van der Waals surface area contributed by atoms with Gasteiger partial charge in [0.15, 0.2) is 9.84 Å². The van der Waals surface area contributed by atoms with E-state index in [1.165, 1.54) is 0 Å². The van der Waals surface area contributed by atoms with Crippen LogP contribution < -0.4 is 22.5 Å². The molecule has 0 aliphatic carbocycles. The van der Waals surface area contributed by atoms with Crippen molar-refractivity contribution in [2.45, 2.75) is 23.5 Å². The first-order chi connectivity index (χ1) is 13.3. The molecular weight excluding hydrogens is 374 g/mol. The standard InChI is InChI=1S/C20H25N5O2S/c21-8-7-20(12-17(23)16-11-15(22)5-6-18(16)24-20)25-9-10-28(26,27)19-4-2-1-3-14(19)13-25/h1-6,11-12,24H,7-10,13,21-23H2. The van der Waals surface area contributed by atoms with Crippen molar-refractivity contribution in [2.24, 2.45) is 11.5 Å². The number of nitrogens with two attached hydrogens (primary N) is 3. The van der Waals surface area contributed by atoms with Crippen LogP contribution in [-0.2, 0) is 16.4 Å². The van der Waals surface area contributed by atoms with Gasteiger partial charge in [-0.15, -0.1) is 0 Å². The molecule has 148 valence electrons. The van der Waals surface area contributed by atoms with Crippen LogP contribution in [0.1, 0.15) is 17.5 Å². The van der Waals surface area contributed by atoms with E-state index >= 15 is 0 Å².